The van der Waals surface area contributed by atoms with Crippen molar-refractivity contribution in [3.05, 3.63) is 99.5 Å². The van der Waals surface area contributed by atoms with Gasteiger partial charge in [-0.1, -0.05) is 41.4 Å². The van der Waals surface area contributed by atoms with Gasteiger partial charge in [-0.3, -0.25) is 0 Å². The topological polar surface area (TPSA) is 57.1 Å². The van der Waals surface area contributed by atoms with Gasteiger partial charge in [-0.15, -0.1) is 0 Å². The van der Waals surface area contributed by atoms with Gasteiger partial charge in [0, 0.05) is 5.56 Å². The van der Waals surface area contributed by atoms with Gasteiger partial charge < -0.3 is 14.2 Å². The number of cyclic esters (lactones) is 1. The quantitative estimate of drug-likeness (QED) is 0.312. The highest BCUT2D eigenvalue weighted by molar-refractivity contribution is 6.32. The molecule has 0 atom stereocenters. The molecule has 0 amide bonds. The van der Waals surface area contributed by atoms with Crippen LogP contribution in [0.1, 0.15) is 29.2 Å². The van der Waals surface area contributed by atoms with Crippen molar-refractivity contribution in [2.24, 2.45) is 4.99 Å². The predicted octanol–water partition coefficient (Wildman–Crippen LogP) is 6.11. The number of nitrogens with zero attached hydrogens (tertiary/aromatic N) is 1. The summed E-state index contributed by atoms with van der Waals surface area (Å²) in [5.41, 5.74) is 3.37. The Morgan fingerprint density at radius 3 is 2.48 bits per heavy atom. The SMILES string of the molecule is CCOc1cc(C=C2N=C(c3ccc(F)cc3)OC2=O)cc(Cl)c1OCc1ccc(C)cc1. The van der Waals surface area contributed by atoms with Crippen LogP contribution in [0.2, 0.25) is 5.02 Å². The number of carbonyl (C=O) groups excluding carboxylic acids is 1. The molecule has 168 valence electrons. The molecule has 0 spiro atoms. The molecule has 0 unspecified atom stereocenters. The summed E-state index contributed by atoms with van der Waals surface area (Å²) in [4.78, 5) is 16.6. The highest BCUT2D eigenvalue weighted by Gasteiger charge is 2.24. The van der Waals surface area contributed by atoms with E-state index in [1.165, 1.54) is 29.8 Å². The summed E-state index contributed by atoms with van der Waals surface area (Å²) in [5.74, 6) is -0.00503. The number of carbonyl (C=O) groups is 1. The number of halogens is 2. The maximum Gasteiger partial charge on any atom is 0.363 e. The molecule has 0 fully saturated rings. The Bertz CT molecular complexity index is 1230. The molecule has 0 N–H and O–H groups in total. The van der Waals surface area contributed by atoms with Crippen LogP contribution in [0.5, 0.6) is 11.5 Å². The Hall–Kier alpha value is -3.64. The minimum atomic E-state index is -0.608. The van der Waals surface area contributed by atoms with Crippen molar-refractivity contribution in [2.45, 2.75) is 20.5 Å². The molecule has 0 saturated heterocycles. The van der Waals surface area contributed by atoms with Crippen LogP contribution in [0, 0.1) is 12.7 Å². The fraction of sp³-hybridized carbons (Fsp3) is 0.154. The molecule has 5 nitrogen and oxygen atoms in total. The Balaban J connectivity index is 1.60. The second-order valence-electron chi connectivity index (χ2n) is 7.38. The average Bonchev–Trinajstić information content (AvgIpc) is 3.15. The summed E-state index contributed by atoms with van der Waals surface area (Å²) < 4.78 is 30.1. The molecule has 3 aromatic carbocycles. The average molecular weight is 466 g/mol. The number of aryl methyl sites for hydroxylation is 1. The largest absolute Gasteiger partial charge is 0.490 e. The Kier molecular flexibility index (Phi) is 6.75. The molecule has 4 rings (SSSR count). The van der Waals surface area contributed by atoms with Gasteiger partial charge in [0.2, 0.25) is 5.90 Å². The Labute approximate surface area is 196 Å². The van der Waals surface area contributed by atoms with E-state index in [9.17, 15) is 9.18 Å². The van der Waals surface area contributed by atoms with Crippen LogP contribution in [-0.2, 0) is 16.1 Å². The maximum atomic E-state index is 13.2. The van der Waals surface area contributed by atoms with E-state index in [4.69, 9.17) is 25.8 Å². The van der Waals surface area contributed by atoms with E-state index < -0.39 is 5.97 Å². The lowest BCUT2D eigenvalue weighted by atomic mass is 10.1. The van der Waals surface area contributed by atoms with Crippen molar-refractivity contribution >= 4 is 29.5 Å². The third-order valence-corrected chi connectivity index (χ3v) is 5.13. The molecule has 33 heavy (non-hydrogen) atoms. The van der Waals surface area contributed by atoms with Gasteiger partial charge in [0.05, 0.1) is 11.6 Å². The fourth-order valence-corrected chi connectivity index (χ4v) is 3.47. The molecule has 0 saturated carbocycles. The molecule has 0 aromatic heterocycles. The third kappa shape index (κ3) is 5.41. The molecule has 1 aliphatic rings. The number of rotatable bonds is 7. The van der Waals surface area contributed by atoms with Gasteiger partial charge >= 0.3 is 5.97 Å². The van der Waals surface area contributed by atoms with Gasteiger partial charge in [0.25, 0.3) is 0 Å². The second-order valence-corrected chi connectivity index (χ2v) is 7.79. The molecular weight excluding hydrogens is 445 g/mol. The lowest BCUT2D eigenvalue weighted by Crippen LogP contribution is -2.05. The van der Waals surface area contributed by atoms with E-state index in [0.29, 0.717) is 40.9 Å². The number of ether oxygens (including phenoxy) is 3. The van der Waals surface area contributed by atoms with Crippen LogP contribution in [0.3, 0.4) is 0 Å². The summed E-state index contributed by atoms with van der Waals surface area (Å²) in [5, 5.41) is 0.342. The van der Waals surface area contributed by atoms with Crippen LogP contribution in [0.25, 0.3) is 6.08 Å². The standard InChI is InChI=1S/C26H21ClFNO4/c1-3-31-23-14-18(12-21(27)24(23)32-15-17-6-4-16(2)5-7-17)13-22-26(30)33-25(29-22)19-8-10-20(28)11-9-19/h4-14H,3,15H2,1-2H3. The van der Waals surface area contributed by atoms with Gasteiger partial charge in [0.1, 0.15) is 12.4 Å². The predicted molar refractivity (Wildman–Crippen MR) is 125 cm³/mol. The van der Waals surface area contributed by atoms with Gasteiger partial charge in [-0.05, 0) is 67.4 Å². The van der Waals surface area contributed by atoms with Crippen molar-refractivity contribution in [3.8, 4) is 11.5 Å². The van der Waals surface area contributed by atoms with Crippen molar-refractivity contribution in [1.29, 1.82) is 0 Å². The Morgan fingerprint density at radius 1 is 1.06 bits per heavy atom. The van der Waals surface area contributed by atoms with Crippen molar-refractivity contribution in [2.75, 3.05) is 6.61 Å². The zero-order valence-corrected chi connectivity index (χ0v) is 18.9. The molecule has 1 aliphatic heterocycles. The first-order valence-corrected chi connectivity index (χ1v) is 10.7. The van der Waals surface area contributed by atoms with E-state index in [-0.39, 0.29) is 17.4 Å². The number of hydrogen-bond donors (Lipinski definition) is 0. The number of aliphatic imine (C=N–C) groups is 1. The van der Waals surface area contributed by atoms with Crippen molar-refractivity contribution in [3.63, 3.8) is 0 Å². The highest BCUT2D eigenvalue weighted by Crippen LogP contribution is 2.38. The molecule has 0 bridgehead atoms. The number of esters is 1. The van der Waals surface area contributed by atoms with Gasteiger partial charge in [-0.2, -0.15) is 0 Å². The molecular formula is C26H21ClFNO4. The van der Waals surface area contributed by atoms with E-state index in [2.05, 4.69) is 4.99 Å². The van der Waals surface area contributed by atoms with Crippen molar-refractivity contribution in [1.82, 2.24) is 0 Å². The van der Waals surface area contributed by atoms with Gasteiger partial charge in [0.15, 0.2) is 17.2 Å². The lowest BCUT2D eigenvalue weighted by Gasteiger charge is -2.14. The van der Waals surface area contributed by atoms with Gasteiger partial charge in [-0.25, -0.2) is 14.2 Å². The molecule has 1 heterocycles. The molecule has 0 radical (unpaired) electrons. The lowest BCUT2D eigenvalue weighted by molar-refractivity contribution is -0.129. The smallest absolute Gasteiger partial charge is 0.363 e. The zero-order chi connectivity index (χ0) is 23.4. The van der Waals surface area contributed by atoms with Crippen LogP contribution < -0.4 is 9.47 Å². The summed E-state index contributed by atoms with van der Waals surface area (Å²) in [6.07, 6.45) is 1.55. The van der Waals surface area contributed by atoms with E-state index in [0.717, 1.165) is 5.56 Å². The van der Waals surface area contributed by atoms with Crippen LogP contribution in [0.15, 0.2) is 71.4 Å². The van der Waals surface area contributed by atoms with Crippen LogP contribution in [-0.4, -0.2) is 18.5 Å². The zero-order valence-electron chi connectivity index (χ0n) is 18.1. The van der Waals surface area contributed by atoms with Crippen LogP contribution in [0.4, 0.5) is 4.39 Å². The first-order valence-electron chi connectivity index (χ1n) is 10.4. The minimum Gasteiger partial charge on any atom is -0.490 e. The first kappa shape index (κ1) is 22.6. The highest BCUT2D eigenvalue weighted by atomic mass is 35.5. The summed E-state index contributed by atoms with van der Waals surface area (Å²) in [6.45, 7) is 4.62. The van der Waals surface area contributed by atoms with E-state index in [1.54, 1.807) is 18.2 Å². The summed E-state index contributed by atoms with van der Waals surface area (Å²) in [7, 11) is 0. The fourth-order valence-electron chi connectivity index (χ4n) is 3.20. The molecule has 7 heteroatoms. The second kappa shape index (κ2) is 9.88. The molecule has 0 aliphatic carbocycles. The number of hydrogen-bond acceptors (Lipinski definition) is 5. The third-order valence-electron chi connectivity index (χ3n) is 4.85. The van der Waals surface area contributed by atoms with Crippen LogP contribution >= 0.6 is 11.6 Å². The summed E-state index contributed by atoms with van der Waals surface area (Å²) in [6, 6.07) is 16.9. The normalized spacial score (nSPS) is 14.2. The summed E-state index contributed by atoms with van der Waals surface area (Å²) >= 11 is 6.50. The van der Waals surface area contributed by atoms with Crippen molar-refractivity contribution < 1.29 is 23.4 Å². The maximum absolute atomic E-state index is 13.2. The Morgan fingerprint density at radius 2 is 1.79 bits per heavy atom. The number of benzene rings is 3. The first-order chi connectivity index (χ1) is 15.9. The minimum absolute atomic E-state index is 0.0983. The van der Waals surface area contributed by atoms with E-state index in [1.807, 2.05) is 38.1 Å². The monoisotopic (exact) mass is 465 g/mol. The van der Waals surface area contributed by atoms with E-state index >= 15 is 0 Å². The molecule has 3 aromatic rings.